The average molecular weight is 304 g/mol. The predicted molar refractivity (Wildman–Crippen MR) is 75.3 cm³/mol. The zero-order valence-electron chi connectivity index (χ0n) is 13.7. The molecule has 3 unspecified atom stereocenters. The highest BCUT2D eigenvalue weighted by atomic mass is 17.2. The molecule has 0 aromatic carbocycles. The van der Waals surface area contributed by atoms with Crippen molar-refractivity contribution in [3.63, 3.8) is 0 Å². The summed E-state index contributed by atoms with van der Waals surface area (Å²) in [5, 5.41) is 0. The van der Waals surface area contributed by atoms with E-state index < -0.39 is 4.81 Å². The van der Waals surface area contributed by atoms with Crippen LogP contribution in [0.5, 0.6) is 0 Å². The molecule has 0 amide bonds. The van der Waals surface area contributed by atoms with Crippen molar-refractivity contribution in [1.82, 2.24) is 0 Å². The maximum atomic E-state index is 5.91. The minimum absolute atomic E-state index is 0.0281. The summed E-state index contributed by atoms with van der Waals surface area (Å²) >= 11 is 0. The van der Waals surface area contributed by atoms with Gasteiger partial charge in [-0.2, -0.15) is 0 Å². The summed E-state index contributed by atoms with van der Waals surface area (Å²) in [5.74, 6) is 0. The highest BCUT2D eigenvalue weighted by Gasteiger charge is 2.50. The van der Waals surface area contributed by atoms with Crippen molar-refractivity contribution in [2.24, 2.45) is 0 Å². The molecule has 1 fully saturated rings. The highest BCUT2D eigenvalue weighted by molar-refractivity contribution is 4.47. The fourth-order valence-corrected chi connectivity index (χ4v) is 1.87. The molecule has 3 atom stereocenters. The van der Waals surface area contributed by atoms with Gasteiger partial charge in [0.25, 0.3) is 0 Å². The zero-order valence-corrected chi connectivity index (χ0v) is 13.7. The van der Waals surface area contributed by atoms with Crippen LogP contribution in [-0.4, -0.2) is 67.6 Å². The van der Waals surface area contributed by atoms with Crippen molar-refractivity contribution in [3.05, 3.63) is 38.3 Å². The molecule has 0 radical (unpaired) electrons. The van der Waals surface area contributed by atoms with Crippen LogP contribution >= 0.6 is 0 Å². The molecule has 8 nitrogen and oxygen atoms in total. The van der Waals surface area contributed by atoms with Gasteiger partial charge in [0, 0.05) is 9.88 Å². The third kappa shape index (κ3) is 4.70. The fourth-order valence-electron chi connectivity index (χ4n) is 1.87. The van der Waals surface area contributed by atoms with Crippen LogP contribution in [-0.2, 0) is 19.6 Å². The number of hydrogen-bond acceptors (Lipinski definition) is 4. The Balaban J connectivity index is 3.21. The molecule has 1 aliphatic rings. The van der Waals surface area contributed by atoms with E-state index >= 15 is 0 Å². The number of quaternary nitrogens is 4. The smallest absolute Gasteiger partial charge is 0.227 e. The van der Waals surface area contributed by atoms with E-state index in [1.807, 2.05) is 14.1 Å². The second-order valence-corrected chi connectivity index (χ2v) is 5.82. The van der Waals surface area contributed by atoms with Gasteiger partial charge in [-0.25, -0.2) is 0 Å². The average Bonchev–Trinajstić information content (AvgIpc) is 2.36. The molecule has 0 spiro atoms. The molecule has 0 aromatic heterocycles. The summed E-state index contributed by atoms with van der Waals surface area (Å²) in [7, 11) is 8.87. The second-order valence-electron chi connectivity index (χ2n) is 5.82. The van der Waals surface area contributed by atoms with Crippen LogP contribution in [0.15, 0.2) is 38.3 Å². The molecule has 0 bridgehead atoms. The van der Waals surface area contributed by atoms with E-state index in [2.05, 4.69) is 19.7 Å². The normalized spacial score (nSPS) is 41.0. The summed E-state index contributed by atoms with van der Waals surface area (Å²) in [6.07, 6.45) is 4.61. The van der Waals surface area contributed by atoms with Crippen molar-refractivity contribution in [1.29, 1.82) is 0 Å². The first-order chi connectivity index (χ1) is 9.51. The molecule has 0 aliphatic carbocycles. The summed E-state index contributed by atoms with van der Waals surface area (Å²) in [4.78, 5) is 16.9. The van der Waals surface area contributed by atoms with Gasteiger partial charge in [-0.05, 0) is 19.7 Å². The monoisotopic (exact) mass is 304 g/mol. The number of nitrogens with zero attached hydrogens (tertiary/aromatic N) is 4. The van der Waals surface area contributed by atoms with Crippen molar-refractivity contribution in [2.75, 3.05) is 48.7 Å². The summed E-state index contributed by atoms with van der Waals surface area (Å²) in [5.41, 5.74) is 0. The third-order valence-electron chi connectivity index (χ3n) is 2.86. The van der Waals surface area contributed by atoms with Crippen molar-refractivity contribution >= 4 is 0 Å². The minimum Gasteiger partial charge on any atom is -0.274 e. The maximum Gasteiger partial charge on any atom is 0.227 e. The van der Waals surface area contributed by atoms with E-state index in [1.54, 1.807) is 27.3 Å². The molecule has 1 saturated heterocycles. The van der Waals surface area contributed by atoms with E-state index in [4.69, 9.17) is 19.6 Å². The van der Waals surface area contributed by atoms with Crippen LogP contribution in [0.3, 0.4) is 0 Å². The van der Waals surface area contributed by atoms with Crippen LogP contribution in [0.1, 0.15) is 0 Å². The van der Waals surface area contributed by atoms with Gasteiger partial charge in [0.15, 0.2) is 12.4 Å². The van der Waals surface area contributed by atoms with E-state index in [0.29, 0.717) is 6.73 Å². The van der Waals surface area contributed by atoms with Crippen molar-refractivity contribution in [2.45, 2.75) is 0 Å². The third-order valence-corrected chi connectivity index (χ3v) is 2.86. The first-order valence-corrected chi connectivity index (χ1v) is 6.54. The van der Waals surface area contributed by atoms with Gasteiger partial charge in [-0.1, -0.05) is 4.65 Å². The Bertz CT molecular complexity index is 430. The number of hydrogen-bond donors (Lipinski definition) is 0. The van der Waals surface area contributed by atoms with Crippen LogP contribution < -0.4 is 0 Å². The molecule has 0 saturated carbocycles. The van der Waals surface area contributed by atoms with Gasteiger partial charge in [-0.15, -0.1) is 4.65 Å². The van der Waals surface area contributed by atoms with Crippen LogP contribution in [0.25, 0.3) is 0 Å². The lowest BCUT2D eigenvalue weighted by Crippen LogP contribution is -2.63. The standard InChI is InChI=1S/C13H28N4O4/c1-9-15(6)13-18-12-14(4,5)19-16(7,10-2)21-17(8,11-3)20-15/h9-11H,1-3,12-13H2,4-8H3/q+4. The topological polar surface area (TPSA) is 36.9 Å². The van der Waals surface area contributed by atoms with Gasteiger partial charge in [0.05, 0.1) is 14.6 Å². The van der Waals surface area contributed by atoms with E-state index in [0.717, 1.165) is 0 Å². The Labute approximate surface area is 126 Å². The van der Waals surface area contributed by atoms with E-state index in [9.17, 15) is 0 Å². The molecule has 0 aromatic rings. The highest BCUT2D eigenvalue weighted by Crippen LogP contribution is 2.25. The van der Waals surface area contributed by atoms with Gasteiger partial charge in [0.2, 0.25) is 13.5 Å². The number of rotatable bonds is 3. The van der Waals surface area contributed by atoms with E-state index in [-0.39, 0.29) is 20.8 Å². The summed E-state index contributed by atoms with van der Waals surface area (Å²) in [6, 6.07) is 0. The van der Waals surface area contributed by atoms with Gasteiger partial charge >= 0.3 is 0 Å². The van der Waals surface area contributed by atoms with Crippen molar-refractivity contribution < 1.29 is 38.5 Å². The lowest BCUT2D eigenvalue weighted by molar-refractivity contribution is -1.53. The van der Waals surface area contributed by atoms with E-state index in [1.165, 1.54) is 12.4 Å². The Morgan fingerprint density at radius 2 is 1.24 bits per heavy atom. The van der Waals surface area contributed by atoms with Gasteiger partial charge < -0.3 is 0 Å². The predicted octanol–water partition coefficient (Wildman–Crippen LogP) is 1.32. The Morgan fingerprint density at radius 3 is 1.71 bits per heavy atom. The molecule has 120 valence electrons. The van der Waals surface area contributed by atoms with Crippen molar-refractivity contribution in [3.8, 4) is 0 Å². The lowest BCUT2D eigenvalue weighted by atomic mass is 10.8. The van der Waals surface area contributed by atoms with Crippen LogP contribution in [0.2, 0.25) is 0 Å². The lowest BCUT2D eigenvalue weighted by Gasteiger charge is -2.37. The summed E-state index contributed by atoms with van der Waals surface area (Å²) in [6.45, 7) is 11.8. The molecule has 0 N–H and O–H groups in total. The molecule has 1 heterocycles. The molecule has 1 rings (SSSR count). The minimum atomic E-state index is -0.394. The largest absolute Gasteiger partial charge is 0.274 e. The molecule has 1 aliphatic heterocycles. The second kappa shape index (κ2) is 5.95. The fraction of sp³-hybridized carbons (Fsp3) is 0.538. The van der Waals surface area contributed by atoms with Gasteiger partial charge in [0.1, 0.15) is 41.4 Å². The quantitative estimate of drug-likeness (QED) is 0.737. The molecule has 21 heavy (non-hydrogen) atoms. The van der Waals surface area contributed by atoms with Crippen LogP contribution in [0, 0.1) is 0 Å². The Kier molecular flexibility index (Phi) is 5.09. The maximum absolute atomic E-state index is 5.91. The molecule has 8 heteroatoms. The van der Waals surface area contributed by atoms with Crippen LogP contribution in [0.4, 0.5) is 0 Å². The Morgan fingerprint density at radius 1 is 0.714 bits per heavy atom. The SMILES string of the molecule is C=C[N+]1(C)COC[N+](C)(C)O[N+](C)(C=C)O[N+](C)(C=C)O1. The zero-order chi connectivity index (χ0) is 16.4. The van der Waals surface area contributed by atoms with Gasteiger partial charge in [-0.3, -0.25) is 4.74 Å². The molecular formula is C13H28N4O4+4. The summed E-state index contributed by atoms with van der Waals surface area (Å²) < 4.78 is 5.77. The number of ether oxygens (including phenoxy) is 1. The Hall–Kier alpha value is -1.10. The first-order valence-electron chi connectivity index (χ1n) is 6.54. The number of hydroxylamine groups is 14. The molecular weight excluding hydrogens is 276 g/mol. The first kappa shape index (κ1) is 18.0.